The minimum absolute atomic E-state index is 0.151. The van der Waals surface area contributed by atoms with Crippen molar-refractivity contribution in [3.63, 3.8) is 0 Å². The van der Waals surface area contributed by atoms with Crippen LogP contribution in [0.4, 0.5) is 0 Å². The standard InChI is InChI=1S/C18H27NO2/c1-2-11-19-14-15-6-3-4-7-17(15)21-16-8-12-20-18(13-16)9-5-10-18/h3-4,6-7,16,19H,2,5,8-14H2,1H3. The largest absolute Gasteiger partial charge is 0.490 e. The number of nitrogens with one attached hydrogen (secondary N) is 1. The van der Waals surface area contributed by atoms with E-state index in [-0.39, 0.29) is 5.60 Å². The molecule has 3 heteroatoms. The summed E-state index contributed by atoms with van der Waals surface area (Å²) >= 11 is 0. The van der Waals surface area contributed by atoms with Crippen molar-refractivity contribution >= 4 is 0 Å². The van der Waals surface area contributed by atoms with Crippen LogP contribution in [0.1, 0.15) is 51.0 Å². The maximum Gasteiger partial charge on any atom is 0.124 e. The molecule has 1 aliphatic heterocycles. The third-order valence-corrected chi connectivity index (χ3v) is 4.72. The Morgan fingerprint density at radius 3 is 2.95 bits per heavy atom. The van der Waals surface area contributed by atoms with Crippen molar-refractivity contribution in [1.82, 2.24) is 5.32 Å². The molecule has 1 heterocycles. The summed E-state index contributed by atoms with van der Waals surface area (Å²) in [6, 6.07) is 8.42. The molecule has 21 heavy (non-hydrogen) atoms. The Morgan fingerprint density at radius 1 is 1.33 bits per heavy atom. The van der Waals surface area contributed by atoms with Crippen molar-refractivity contribution in [2.45, 2.75) is 63.7 Å². The molecule has 0 amide bonds. The van der Waals surface area contributed by atoms with Crippen molar-refractivity contribution in [3.05, 3.63) is 29.8 Å². The van der Waals surface area contributed by atoms with E-state index in [4.69, 9.17) is 9.47 Å². The van der Waals surface area contributed by atoms with Gasteiger partial charge in [0.15, 0.2) is 0 Å². The minimum atomic E-state index is 0.151. The van der Waals surface area contributed by atoms with Gasteiger partial charge in [0.1, 0.15) is 11.9 Å². The van der Waals surface area contributed by atoms with Crippen LogP contribution in [0.2, 0.25) is 0 Å². The maximum atomic E-state index is 6.33. The first-order chi connectivity index (χ1) is 10.3. The summed E-state index contributed by atoms with van der Waals surface area (Å²) in [4.78, 5) is 0. The lowest BCUT2D eigenvalue weighted by molar-refractivity contribution is -0.153. The average molecular weight is 289 g/mol. The van der Waals surface area contributed by atoms with Crippen LogP contribution < -0.4 is 10.1 Å². The quantitative estimate of drug-likeness (QED) is 0.811. The van der Waals surface area contributed by atoms with Gasteiger partial charge in [-0.05, 0) is 38.3 Å². The normalized spacial score (nSPS) is 23.8. The highest BCUT2D eigenvalue weighted by molar-refractivity contribution is 5.33. The molecule has 0 aromatic heterocycles. The Labute approximate surface area is 128 Å². The molecule has 2 aliphatic rings. The Bertz CT molecular complexity index is 456. The van der Waals surface area contributed by atoms with Crippen LogP contribution in [0, 0.1) is 0 Å². The van der Waals surface area contributed by atoms with E-state index >= 15 is 0 Å². The molecule has 3 rings (SSSR count). The second kappa shape index (κ2) is 6.80. The van der Waals surface area contributed by atoms with Gasteiger partial charge in [-0.2, -0.15) is 0 Å². The van der Waals surface area contributed by atoms with E-state index in [0.29, 0.717) is 6.10 Å². The number of hydrogen-bond donors (Lipinski definition) is 1. The lowest BCUT2D eigenvalue weighted by atomic mass is 9.74. The third-order valence-electron chi connectivity index (χ3n) is 4.72. The van der Waals surface area contributed by atoms with Gasteiger partial charge in [0.05, 0.1) is 12.2 Å². The molecule has 2 fully saturated rings. The van der Waals surface area contributed by atoms with Crippen LogP contribution in [0.15, 0.2) is 24.3 Å². The predicted molar refractivity (Wildman–Crippen MR) is 84.6 cm³/mol. The lowest BCUT2D eigenvalue weighted by Crippen LogP contribution is -2.48. The second-order valence-corrected chi connectivity index (χ2v) is 6.40. The molecular formula is C18H27NO2. The topological polar surface area (TPSA) is 30.5 Å². The van der Waals surface area contributed by atoms with Crippen LogP contribution >= 0.6 is 0 Å². The summed E-state index contributed by atoms with van der Waals surface area (Å²) in [5, 5.41) is 3.46. The van der Waals surface area contributed by atoms with Crippen LogP contribution in [-0.4, -0.2) is 24.9 Å². The Morgan fingerprint density at radius 2 is 2.19 bits per heavy atom. The van der Waals surface area contributed by atoms with Crippen LogP contribution in [0.3, 0.4) is 0 Å². The first kappa shape index (κ1) is 14.9. The van der Waals surface area contributed by atoms with Gasteiger partial charge in [0, 0.05) is 24.9 Å². The van der Waals surface area contributed by atoms with Gasteiger partial charge in [-0.15, -0.1) is 0 Å². The minimum Gasteiger partial charge on any atom is -0.490 e. The molecule has 116 valence electrons. The highest BCUT2D eigenvalue weighted by atomic mass is 16.5. The molecular weight excluding hydrogens is 262 g/mol. The van der Waals surface area contributed by atoms with Crippen molar-refractivity contribution < 1.29 is 9.47 Å². The molecule has 0 bridgehead atoms. The fourth-order valence-corrected chi connectivity index (χ4v) is 3.35. The van der Waals surface area contributed by atoms with Crippen LogP contribution in [0.25, 0.3) is 0 Å². The van der Waals surface area contributed by atoms with Crippen LogP contribution in [-0.2, 0) is 11.3 Å². The second-order valence-electron chi connectivity index (χ2n) is 6.40. The number of benzene rings is 1. The van der Waals surface area contributed by atoms with Gasteiger partial charge in [-0.1, -0.05) is 25.1 Å². The number of para-hydroxylation sites is 1. The lowest BCUT2D eigenvalue weighted by Gasteiger charge is -2.47. The van der Waals surface area contributed by atoms with E-state index in [9.17, 15) is 0 Å². The summed E-state index contributed by atoms with van der Waals surface area (Å²) in [5.74, 6) is 1.04. The Balaban J connectivity index is 1.61. The zero-order chi connectivity index (χ0) is 14.5. The van der Waals surface area contributed by atoms with Crippen molar-refractivity contribution in [2.75, 3.05) is 13.2 Å². The molecule has 1 atom stereocenters. The summed E-state index contributed by atoms with van der Waals surface area (Å²) in [6.45, 7) is 4.98. The van der Waals surface area contributed by atoms with Gasteiger partial charge in [-0.3, -0.25) is 0 Å². The predicted octanol–water partition coefficient (Wildman–Crippen LogP) is 3.67. The van der Waals surface area contributed by atoms with E-state index in [1.165, 1.54) is 24.8 Å². The van der Waals surface area contributed by atoms with Gasteiger partial charge in [0.25, 0.3) is 0 Å². The fraction of sp³-hybridized carbons (Fsp3) is 0.667. The number of rotatable bonds is 6. The zero-order valence-electron chi connectivity index (χ0n) is 13.1. The molecule has 3 nitrogen and oxygen atoms in total. The third kappa shape index (κ3) is 3.58. The summed E-state index contributed by atoms with van der Waals surface area (Å²) < 4.78 is 12.3. The summed E-state index contributed by atoms with van der Waals surface area (Å²) in [5.41, 5.74) is 1.42. The first-order valence-corrected chi connectivity index (χ1v) is 8.40. The summed E-state index contributed by atoms with van der Waals surface area (Å²) in [6.07, 6.45) is 7.28. The number of ether oxygens (including phenoxy) is 2. The van der Waals surface area contributed by atoms with E-state index in [0.717, 1.165) is 44.7 Å². The van der Waals surface area contributed by atoms with Gasteiger partial charge in [0.2, 0.25) is 0 Å². The van der Waals surface area contributed by atoms with Gasteiger partial charge < -0.3 is 14.8 Å². The molecule has 1 aromatic rings. The molecule has 1 saturated carbocycles. The molecule has 1 aliphatic carbocycles. The van der Waals surface area contributed by atoms with E-state index in [1.54, 1.807) is 0 Å². The highest BCUT2D eigenvalue weighted by Gasteiger charge is 2.43. The highest BCUT2D eigenvalue weighted by Crippen LogP contribution is 2.43. The number of hydrogen-bond acceptors (Lipinski definition) is 3. The van der Waals surface area contributed by atoms with Gasteiger partial charge >= 0.3 is 0 Å². The smallest absolute Gasteiger partial charge is 0.124 e. The monoisotopic (exact) mass is 289 g/mol. The molecule has 1 saturated heterocycles. The molecule has 1 N–H and O–H groups in total. The molecule has 1 spiro atoms. The Hall–Kier alpha value is -1.06. The summed E-state index contributed by atoms with van der Waals surface area (Å²) in [7, 11) is 0. The van der Waals surface area contributed by atoms with Crippen molar-refractivity contribution in [3.8, 4) is 5.75 Å². The maximum absolute atomic E-state index is 6.33. The SMILES string of the molecule is CCCNCc1ccccc1OC1CCOC2(CCC2)C1. The average Bonchev–Trinajstić information content (AvgIpc) is 2.48. The van der Waals surface area contributed by atoms with Crippen molar-refractivity contribution in [1.29, 1.82) is 0 Å². The Kier molecular flexibility index (Phi) is 4.81. The molecule has 1 aromatic carbocycles. The first-order valence-electron chi connectivity index (χ1n) is 8.40. The van der Waals surface area contributed by atoms with E-state index < -0.39 is 0 Å². The van der Waals surface area contributed by atoms with Crippen molar-refractivity contribution in [2.24, 2.45) is 0 Å². The van der Waals surface area contributed by atoms with E-state index in [2.05, 4.69) is 36.5 Å². The fourth-order valence-electron chi connectivity index (χ4n) is 3.35. The zero-order valence-corrected chi connectivity index (χ0v) is 13.1. The molecule has 0 radical (unpaired) electrons. The van der Waals surface area contributed by atoms with Crippen LogP contribution in [0.5, 0.6) is 5.75 Å². The van der Waals surface area contributed by atoms with Gasteiger partial charge in [-0.25, -0.2) is 0 Å². The van der Waals surface area contributed by atoms with E-state index in [1.807, 2.05) is 0 Å². The molecule has 1 unspecified atom stereocenters.